The molecule has 0 unspecified atom stereocenters. The quantitative estimate of drug-likeness (QED) is 0.482. The first-order valence-electron chi connectivity index (χ1n) is 12.0. The molecule has 0 bridgehead atoms. The van der Waals surface area contributed by atoms with E-state index in [1.165, 1.54) is 10.6 Å². The summed E-state index contributed by atoms with van der Waals surface area (Å²) >= 11 is 0. The highest BCUT2D eigenvalue weighted by Gasteiger charge is 2.42. The van der Waals surface area contributed by atoms with E-state index in [1.807, 2.05) is 19.9 Å². The fraction of sp³-hybridized carbons (Fsp3) is 0.423. The van der Waals surface area contributed by atoms with Crippen LogP contribution in [-0.2, 0) is 13.2 Å². The number of nitriles is 1. The minimum atomic E-state index is -4.62. The van der Waals surface area contributed by atoms with Gasteiger partial charge in [0.2, 0.25) is 5.75 Å². The van der Waals surface area contributed by atoms with Gasteiger partial charge in [-0.05, 0) is 37.6 Å². The molecule has 11 heteroatoms. The number of alkyl halides is 3. The second-order valence-electron chi connectivity index (χ2n) is 9.54. The molecule has 2 aliphatic rings. The molecule has 4 heterocycles. The maximum Gasteiger partial charge on any atom is 0.416 e. The molecule has 0 saturated carbocycles. The topological polar surface area (TPSA) is 74.4 Å². The smallest absolute Gasteiger partial charge is 0.416 e. The lowest BCUT2D eigenvalue weighted by Gasteiger charge is -2.50. The third-order valence-corrected chi connectivity index (χ3v) is 7.36. The van der Waals surface area contributed by atoms with E-state index in [9.17, 15) is 27.6 Å². The van der Waals surface area contributed by atoms with E-state index >= 15 is 0 Å². The zero-order chi connectivity index (χ0) is 26.6. The summed E-state index contributed by atoms with van der Waals surface area (Å²) in [4.78, 5) is 21.7. The first-order chi connectivity index (χ1) is 17.5. The largest absolute Gasteiger partial charge is 0.484 e. The summed E-state index contributed by atoms with van der Waals surface area (Å²) in [5.41, 5.74) is 0.699. The summed E-state index contributed by atoms with van der Waals surface area (Å²) in [6.07, 6.45) is -4.13. The van der Waals surface area contributed by atoms with Crippen molar-refractivity contribution in [1.29, 1.82) is 5.26 Å². The molecule has 2 aliphatic heterocycles. The van der Waals surface area contributed by atoms with E-state index in [2.05, 4.69) is 14.8 Å². The molecule has 0 radical (unpaired) electrons. The molecule has 194 valence electrons. The van der Waals surface area contributed by atoms with Gasteiger partial charge < -0.3 is 14.2 Å². The minimum absolute atomic E-state index is 0.132. The van der Waals surface area contributed by atoms with Crippen LogP contribution in [0.4, 0.5) is 23.2 Å². The van der Waals surface area contributed by atoms with E-state index in [-0.39, 0.29) is 41.3 Å². The predicted octanol–water partition coefficient (Wildman–Crippen LogP) is 4.39. The van der Waals surface area contributed by atoms with Crippen molar-refractivity contribution in [1.82, 2.24) is 14.5 Å². The van der Waals surface area contributed by atoms with Crippen LogP contribution < -0.4 is 15.2 Å². The lowest BCUT2D eigenvalue weighted by atomic mass is 9.95. The molecular weight excluding hydrogens is 490 g/mol. The van der Waals surface area contributed by atoms with Gasteiger partial charge in [-0.1, -0.05) is 13.0 Å². The Morgan fingerprint density at radius 1 is 1.24 bits per heavy atom. The number of fused-ring (bicyclic) bond motifs is 5. The predicted molar refractivity (Wildman–Crippen MR) is 129 cm³/mol. The molecule has 2 aromatic heterocycles. The second-order valence-corrected chi connectivity index (χ2v) is 9.54. The van der Waals surface area contributed by atoms with Crippen LogP contribution >= 0.6 is 0 Å². The molecule has 0 aliphatic carbocycles. The number of hydrogen-bond donors (Lipinski definition) is 0. The van der Waals surface area contributed by atoms with Crippen LogP contribution in [0, 0.1) is 17.1 Å². The van der Waals surface area contributed by atoms with Gasteiger partial charge in [0.1, 0.15) is 35.4 Å². The van der Waals surface area contributed by atoms with Crippen molar-refractivity contribution in [2.75, 3.05) is 24.6 Å². The Balaban J connectivity index is 1.53. The molecule has 0 spiro atoms. The van der Waals surface area contributed by atoms with Gasteiger partial charge in [0, 0.05) is 37.8 Å². The van der Waals surface area contributed by atoms with Crippen molar-refractivity contribution >= 4 is 16.7 Å². The molecule has 0 N–H and O–H groups in total. The zero-order valence-corrected chi connectivity index (χ0v) is 20.5. The Morgan fingerprint density at radius 3 is 2.65 bits per heavy atom. The molecule has 3 atom stereocenters. The number of anilines is 1. The van der Waals surface area contributed by atoms with Gasteiger partial charge in [0.25, 0.3) is 5.56 Å². The lowest BCUT2D eigenvalue weighted by molar-refractivity contribution is -0.137. The standard InChI is InChI=1S/C26H25F4N5O2/c1-4-20(18-7-5-15(9-19(18)27)26(28,29)30)34-12-17-13-37-24-23(35(17)11-14(34)2)22-21(33(3)25(24)36)8-6-16(10-31)32-22/h5-9,14,17,20H,4,11-13H2,1-3H3/t14-,17+,20+/m1/s1. The van der Waals surface area contributed by atoms with E-state index in [0.29, 0.717) is 42.3 Å². The van der Waals surface area contributed by atoms with E-state index in [4.69, 9.17) is 4.74 Å². The number of benzene rings is 1. The molecule has 1 fully saturated rings. The summed E-state index contributed by atoms with van der Waals surface area (Å²) in [5.74, 6) is -0.709. The Morgan fingerprint density at radius 2 is 2.00 bits per heavy atom. The van der Waals surface area contributed by atoms with Crippen LogP contribution in [0.15, 0.2) is 35.1 Å². The average molecular weight is 516 g/mol. The first kappa shape index (κ1) is 25.0. The molecule has 1 aromatic carbocycles. The molecule has 7 nitrogen and oxygen atoms in total. The van der Waals surface area contributed by atoms with Gasteiger partial charge >= 0.3 is 6.18 Å². The fourth-order valence-corrected chi connectivity index (χ4v) is 5.52. The normalized spacial score (nSPS) is 20.6. The molecule has 1 saturated heterocycles. The van der Waals surface area contributed by atoms with Crippen molar-refractivity contribution in [3.8, 4) is 11.8 Å². The Hall–Kier alpha value is -3.65. The van der Waals surface area contributed by atoms with Gasteiger partial charge in [0.15, 0.2) is 0 Å². The Labute approximate surface area is 210 Å². The molecule has 3 aromatic rings. The number of aromatic nitrogens is 2. The summed E-state index contributed by atoms with van der Waals surface area (Å²) in [6, 6.07) is 7.19. The van der Waals surface area contributed by atoms with Gasteiger partial charge in [-0.3, -0.25) is 9.69 Å². The van der Waals surface area contributed by atoms with Crippen molar-refractivity contribution in [2.24, 2.45) is 7.05 Å². The number of nitrogens with zero attached hydrogens (tertiary/aromatic N) is 5. The van der Waals surface area contributed by atoms with Gasteiger partial charge in [-0.2, -0.15) is 18.4 Å². The number of pyridine rings is 2. The number of hydrogen-bond acceptors (Lipinski definition) is 6. The molecular formula is C26H25F4N5O2. The Kier molecular flexibility index (Phi) is 6.10. The third kappa shape index (κ3) is 4.09. The highest BCUT2D eigenvalue weighted by atomic mass is 19.4. The van der Waals surface area contributed by atoms with E-state index in [1.54, 1.807) is 19.2 Å². The van der Waals surface area contributed by atoms with Gasteiger partial charge in [-0.15, -0.1) is 0 Å². The fourth-order valence-electron chi connectivity index (χ4n) is 5.52. The first-order valence-corrected chi connectivity index (χ1v) is 12.0. The van der Waals surface area contributed by atoms with Crippen LogP contribution in [-0.4, -0.2) is 46.2 Å². The van der Waals surface area contributed by atoms with Crippen molar-refractivity contribution in [3.63, 3.8) is 0 Å². The van der Waals surface area contributed by atoms with Crippen LogP contribution in [0.5, 0.6) is 5.75 Å². The molecule has 37 heavy (non-hydrogen) atoms. The maximum atomic E-state index is 14.9. The van der Waals surface area contributed by atoms with Crippen LogP contribution in [0.3, 0.4) is 0 Å². The summed E-state index contributed by atoms with van der Waals surface area (Å²) < 4.78 is 61.5. The molecule has 5 rings (SSSR count). The van der Waals surface area contributed by atoms with Gasteiger partial charge in [-0.25, -0.2) is 9.37 Å². The number of halogens is 4. The van der Waals surface area contributed by atoms with Crippen LogP contribution in [0.2, 0.25) is 0 Å². The molecule has 0 amide bonds. The zero-order valence-electron chi connectivity index (χ0n) is 20.5. The summed E-state index contributed by atoms with van der Waals surface area (Å²) in [5, 5.41) is 9.39. The maximum absolute atomic E-state index is 14.9. The number of rotatable bonds is 3. The van der Waals surface area contributed by atoms with Crippen LogP contribution in [0.25, 0.3) is 11.0 Å². The summed E-state index contributed by atoms with van der Waals surface area (Å²) in [6.45, 7) is 4.95. The Bertz CT molecular complexity index is 1480. The second kappa shape index (κ2) is 9.03. The highest BCUT2D eigenvalue weighted by Crippen LogP contribution is 2.41. The van der Waals surface area contributed by atoms with Gasteiger partial charge in [0.05, 0.1) is 17.1 Å². The average Bonchev–Trinajstić information content (AvgIpc) is 2.87. The minimum Gasteiger partial charge on any atom is -0.484 e. The summed E-state index contributed by atoms with van der Waals surface area (Å²) in [7, 11) is 1.62. The van der Waals surface area contributed by atoms with Crippen molar-refractivity contribution < 1.29 is 22.3 Å². The number of ether oxygens (including phenoxy) is 1. The third-order valence-electron chi connectivity index (χ3n) is 7.36. The van der Waals surface area contributed by atoms with Crippen LogP contribution in [0.1, 0.15) is 43.1 Å². The van der Waals surface area contributed by atoms with Crippen molar-refractivity contribution in [2.45, 2.75) is 44.6 Å². The SMILES string of the molecule is CC[C@@H](c1ccc(C(F)(F)F)cc1F)N1C[C@H]2COc3c(c4nc(C#N)ccc4n(C)c3=O)N2C[C@H]1C. The number of aryl methyl sites for hydroxylation is 1. The van der Waals surface area contributed by atoms with E-state index < -0.39 is 23.6 Å². The monoisotopic (exact) mass is 515 g/mol. The lowest BCUT2D eigenvalue weighted by Crippen LogP contribution is -2.61. The highest BCUT2D eigenvalue weighted by molar-refractivity contribution is 5.93. The number of piperazine rings is 1. The van der Waals surface area contributed by atoms with E-state index in [0.717, 1.165) is 6.07 Å². The van der Waals surface area contributed by atoms with Crippen molar-refractivity contribution in [3.05, 3.63) is 63.3 Å².